The van der Waals surface area contributed by atoms with E-state index >= 15 is 0 Å². The number of aromatic hydroxyl groups is 1. The summed E-state index contributed by atoms with van der Waals surface area (Å²) in [6.07, 6.45) is 0.953. The number of carbonyl (C=O) groups excluding carboxylic acids is 1. The number of amides is 1. The molecule has 0 aliphatic heterocycles. The van der Waals surface area contributed by atoms with Gasteiger partial charge in [0, 0.05) is 11.4 Å². The number of aryl methyl sites for hydroxylation is 1. The van der Waals surface area contributed by atoms with Crippen LogP contribution in [0.15, 0.2) is 48.5 Å². The van der Waals surface area contributed by atoms with Gasteiger partial charge in [-0.1, -0.05) is 35.9 Å². The lowest BCUT2D eigenvalue weighted by molar-refractivity contribution is -0.116. The van der Waals surface area contributed by atoms with Crippen LogP contribution in [0, 0.1) is 0 Å². The molecule has 0 aliphatic carbocycles. The molecule has 0 aliphatic rings. The summed E-state index contributed by atoms with van der Waals surface area (Å²) in [5, 5.41) is 12.9. The van der Waals surface area contributed by atoms with Crippen molar-refractivity contribution in [3.05, 3.63) is 59.1 Å². The van der Waals surface area contributed by atoms with Gasteiger partial charge in [0.25, 0.3) is 0 Å². The largest absolute Gasteiger partial charge is 0.506 e. The van der Waals surface area contributed by atoms with Crippen LogP contribution in [-0.2, 0) is 11.2 Å². The van der Waals surface area contributed by atoms with Crippen molar-refractivity contribution in [1.82, 2.24) is 0 Å². The van der Waals surface area contributed by atoms with Crippen molar-refractivity contribution in [3.63, 3.8) is 0 Å². The average Bonchev–Trinajstić information content (AvgIpc) is 2.39. The molecule has 2 aromatic rings. The number of anilines is 1. The number of para-hydroxylation sites is 2. The molecule has 0 bridgehead atoms. The third-order valence-electron chi connectivity index (χ3n) is 2.71. The molecule has 0 heterocycles. The van der Waals surface area contributed by atoms with Crippen molar-refractivity contribution in [2.24, 2.45) is 0 Å². The summed E-state index contributed by atoms with van der Waals surface area (Å²) in [5.74, 6) is -0.0694. The molecule has 98 valence electrons. The molecule has 0 saturated heterocycles. The lowest BCUT2D eigenvalue weighted by atomic mass is 10.1. The van der Waals surface area contributed by atoms with Crippen LogP contribution in [0.4, 0.5) is 5.69 Å². The first kappa shape index (κ1) is 13.4. The Kier molecular flexibility index (Phi) is 4.42. The van der Waals surface area contributed by atoms with Gasteiger partial charge in [-0.05, 0) is 36.2 Å². The second-order valence-electron chi connectivity index (χ2n) is 4.20. The molecular formula is C15H14ClNO2. The van der Waals surface area contributed by atoms with Crippen molar-refractivity contribution in [2.45, 2.75) is 12.8 Å². The molecule has 1 amide bonds. The Labute approximate surface area is 116 Å². The van der Waals surface area contributed by atoms with Gasteiger partial charge in [-0.15, -0.1) is 0 Å². The van der Waals surface area contributed by atoms with Crippen molar-refractivity contribution in [1.29, 1.82) is 0 Å². The standard InChI is InChI=1S/C15H14ClNO2/c16-12-5-3-4-11(10-12)8-9-15(19)17-13-6-1-2-7-14(13)18/h1-7,10,18H,8-9H2,(H,17,19). The van der Waals surface area contributed by atoms with E-state index in [0.29, 0.717) is 23.6 Å². The normalized spacial score (nSPS) is 10.2. The number of phenols is 1. The highest BCUT2D eigenvalue weighted by atomic mass is 35.5. The van der Waals surface area contributed by atoms with E-state index in [1.54, 1.807) is 24.3 Å². The Hall–Kier alpha value is -2.00. The highest BCUT2D eigenvalue weighted by Crippen LogP contribution is 2.21. The molecule has 2 N–H and O–H groups in total. The van der Waals surface area contributed by atoms with Crippen LogP contribution >= 0.6 is 11.6 Å². The van der Waals surface area contributed by atoms with Crippen LogP contribution in [0.1, 0.15) is 12.0 Å². The van der Waals surface area contributed by atoms with Crippen molar-refractivity contribution >= 4 is 23.2 Å². The first-order chi connectivity index (χ1) is 9.15. The second kappa shape index (κ2) is 6.25. The molecule has 19 heavy (non-hydrogen) atoms. The van der Waals surface area contributed by atoms with Gasteiger partial charge in [0.05, 0.1) is 5.69 Å². The Morgan fingerprint density at radius 1 is 1.16 bits per heavy atom. The topological polar surface area (TPSA) is 49.3 Å². The quantitative estimate of drug-likeness (QED) is 0.838. The molecule has 2 rings (SSSR count). The second-order valence-corrected chi connectivity index (χ2v) is 4.63. The van der Waals surface area contributed by atoms with Gasteiger partial charge >= 0.3 is 0 Å². The third-order valence-corrected chi connectivity index (χ3v) is 2.94. The van der Waals surface area contributed by atoms with Gasteiger partial charge in [-0.25, -0.2) is 0 Å². The van der Waals surface area contributed by atoms with Crippen molar-refractivity contribution in [2.75, 3.05) is 5.32 Å². The van der Waals surface area contributed by atoms with E-state index in [1.165, 1.54) is 6.07 Å². The van der Waals surface area contributed by atoms with Crippen molar-refractivity contribution in [3.8, 4) is 5.75 Å². The van der Waals surface area contributed by atoms with E-state index in [2.05, 4.69) is 5.32 Å². The van der Waals surface area contributed by atoms with Crippen molar-refractivity contribution < 1.29 is 9.90 Å². The number of rotatable bonds is 4. The molecule has 0 radical (unpaired) electrons. The number of phenolic OH excluding ortho intramolecular Hbond substituents is 1. The summed E-state index contributed by atoms with van der Waals surface area (Å²) in [6.45, 7) is 0. The summed E-state index contributed by atoms with van der Waals surface area (Å²) in [5.41, 5.74) is 1.44. The first-order valence-electron chi connectivity index (χ1n) is 5.97. The van der Waals surface area contributed by atoms with E-state index in [4.69, 9.17) is 11.6 Å². The molecule has 0 saturated carbocycles. The zero-order chi connectivity index (χ0) is 13.7. The van der Waals surface area contributed by atoms with Gasteiger partial charge in [-0.2, -0.15) is 0 Å². The number of hydrogen-bond acceptors (Lipinski definition) is 2. The van der Waals surface area contributed by atoms with Gasteiger partial charge in [0.2, 0.25) is 5.91 Å². The van der Waals surface area contributed by atoms with Crippen LogP contribution in [0.3, 0.4) is 0 Å². The third kappa shape index (κ3) is 4.00. The summed E-state index contributed by atoms with van der Waals surface area (Å²) in [7, 11) is 0. The molecule has 0 fully saturated rings. The van der Waals surface area contributed by atoms with E-state index in [-0.39, 0.29) is 11.7 Å². The summed E-state index contributed by atoms with van der Waals surface area (Å²) in [4.78, 5) is 11.8. The number of nitrogens with one attached hydrogen (secondary N) is 1. The maximum absolute atomic E-state index is 11.8. The van der Waals surface area contributed by atoms with Gasteiger partial charge in [0.15, 0.2) is 0 Å². The van der Waals surface area contributed by atoms with Crippen LogP contribution in [0.2, 0.25) is 5.02 Å². The molecule has 2 aromatic carbocycles. The smallest absolute Gasteiger partial charge is 0.224 e. The maximum Gasteiger partial charge on any atom is 0.224 e. The lowest BCUT2D eigenvalue weighted by Gasteiger charge is -2.07. The zero-order valence-electron chi connectivity index (χ0n) is 10.3. The minimum Gasteiger partial charge on any atom is -0.506 e. The molecule has 0 unspecified atom stereocenters. The van der Waals surface area contributed by atoms with E-state index in [0.717, 1.165) is 5.56 Å². The minimum atomic E-state index is -0.138. The fourth-order valence-corrected chi connectivity index (χ4v) is 1.96. The van der Waals surface area contributed by atoms with Gasteiger partial charge < -0.3 is 10.4 Å². The van der Waals surface area contributed by atoms with E-state index in [1.807, 2.05) is 18.2 Å². The Morgan fingerprint density at radius 2 is 1.95 bits per heavy atom. The molecule has 0 spiro atoms. The Morgan fingerprint density at radius 3 is 2.68 bits per heavy atom. The van der Waals surface area contributed by atoms with Crippen LogP contribution in [0.5, 0.6) is 5.75 Å². The molecule has 3 nitrogen and oxygen atoms in total. The highest BCUT2D eigenvalue weighted by molar-refractivity contribution is 6.30. The lowest BCUT2D eigenvalue weighted by Crippen LogP contribution is -2.12. The molecule has 4 heteroatoms. The first-order valence-corrected chi connectivity index (χ1v) is 6.35. The molecule has 0 aromatic heterocycles. The van der Waals surface area contributed by atoms with Gasteiger partial charge in [0.1, 0.15) is 5.75 Å². The number of hydrogen-bond donors (Lipinski definition) is 2. The van der Waals surface area contributed by atoms with Gasteiger partial charge in [-0.3, -0.25) is 4.79 Å². The number of benzene rings is 2. The minimum absolute atomic E-state index is 0.0682. The Balaban J connectivity index is 1.90. The highest BCUT2D eigenvalue weighted by Gasteiger charge is 2.06. The summed E-state index contributed by atoms with van der Waals surface area (Å²) < 4.78 is 0. The maximum atomic E-state index is 11.8. The predicted octanol–water partition coefficient (Wildman–Crippen LogP) is 3.62. The fourth-order valence-electron chi connectivity index (χ4n) is 1.74. The van der Waals surface area contributed by atoms with Crippen LogP contribution in [-0.4, -0.2) is 11.0 Å². The summed E-state index contributed by atoms with van der Waals surface area (Å²) in [6, 6.07) is 14.1. The zero-order valence-corrected chi connectivity index (χ0v) is 11.0. The monoisotopic (exact) mass is 275 g/mol. The number of halogens is 1. The fraction of sp³-hybridized carbons (Fsp3) is 0.133. The Bertz CT molecular complexity index is 584. The van der Waals surface area contributed by atoms with E-state index < -0.39 is 0 Å². The van der Waals surface area contributed by atoms with Crippen LogP contribution in [0.25, 0.3) is 0 Å². The molecule has 0 atom stereocenters. The van der Waals surface area contributed by atoms with Crippen LogP contribution < -0.4 is 5.32 Å². The predicted molar refractivity (Wildman–Crippen MR) is 76.5 cm³/mol. The molecular weight excluding hydrogens is 262 g/mol. The number of carbonyl (C=O) groups is 1. The SMILES string of the molecule is O=C(CCc1cccc(Cl)c1)Nc1ccccc1O. The average molecular weight is 276 g/mol. The summed E-state index contributed by atoms with van der Waals surface area (Å²) >= 11 is 5.88. The van der Waals surface area contributed by atoms with E-state index in [9.17, 15) is 9.90 Å².